The Labute approximate surface area is 128 Å². The van der Waals surface area contributed by atoms with Crippen molar-refractivity contribution >= 4 is 0 Å². The van der Waals surface area contributed by atoms with Gasteiger partial charge in [-0.3, -0.25) is 0 Å². The van der Waals surface area contributed by atoms with Crippen LogP contribution < -0.4 is 11.1 Å². The molecule has 0 amide bonds. The number of rotatable bonds is 8. The van der Waals surface area contributed by atoms with Crippen LogP contribution in [0.4, 0.5) is 0 Å². The third-order valence-electron chi connectivity index (χ3n) is 3.21. The number of nitrogens with two attached hydrogens (primary N) is 1. The molecule has 0 atom stereocenters. The van der Waals surface area contributed by atoms with Crippen molar-refractivity contribution in [2.75, 3.05) is 47.1 Å². The molecule has 5 nitrogen and oxygen atoms in total. The van der Waals surface area contributed by atoms with Crippen LogP contribution in [0.3, 0.4) is 0 Å². The van der Waals surface area contributed by atoms with E-state index in [-0.39, 0.29) is 0 Å². The minimum atomic E-state index is -0.748. The summed E-state index contributed by atoms with van der Waals surface area (Å²) in [7, 11) is 3.15. The fourth-order valence-electron chi connectivity index (χ4n) is 2.09. The first-order valence-electron chi connectivity index (χ1n) is 7.30. The Morgan fingerprint density at radius 2 is 2.00 bits per heavy atom. The van der Waals surface area contributed by atoms with E-state index in [0.717, 1.165) is 31.5 Å². The van der Waals surface area contributed by atoms with Gasteiger partial charge in [0.1, 0.15) is 0 Å². The molecule has 1 rings (SSSR count). The zero-order valence-corrected chi connectivity index (χ0v) is 13.3. The van der Waals surface area contributed by atoms with E-state index in [1.165, 1.54) is 7.05 Å². The van der Waals surface area contributed by atoms with Gasteiger partial charge in [0.25, 0.3) is 0 Å². The van der Waals surface area contributed by atoms with Gasteiger partial charge in [0.05, 0.1) is 25.4 Å². The third-order valence-corrected chi connectivity index (χ3v) is 3.21. The lowest BCUT2D eigenvalue weighted by atomic mass is 9.84. The summed E-state index contributed by atoms with van der Waals surface area (Å²) in [5, 5.41) is 13.9. The molecule has 1 aliphatic rings. The zero-order valence-electron chi connectivity index (χ0n) is 13.3. The van der Waals surface area contributed by atoms with Gasteiger partial charge in [0.15, 0.2) is 0 Å². The molecule has 0 aromatic heterocycles. The van der Waals surface area contributed by atoms with Crippen molar-refractivity contribution in [2.24, 2.45) is 5.73 Å². The smallest absolute Gasteiger partial charge is 0.0920 e. The Morgan fingerprint density at radius 1 is 1.33 bits per heavy atom. The Bertz CT molecular complexity index is 321. The van der Waals surface area contributed by atoms with Crippen molar-refractivity contribution in [2.45, 2.75) is 18.4 Å². The third kappa shape index (κ3) is 8.14. The van der Waals surface area contributed by atoms with Crippen LogP contribution in [-0.4, -0.2) is 57.8 Å². The first-order chi connectivity index (χ1) is 10.2. The Balaban J connectivity index is 0.00000191. The molecule has 1 saturated heterocycles. The normalized spacial score (nSPS) is 18.2. The predicted octanol–water partition coefficient (Wildman–Crippen LogP) is 1.01. The molecule has 1 heterocycles. The molecule has 0 aliphatic carbocycles. The molecule has 0 spiro atoms. The largest absolute Gasteiger partial charge is 0.385 e. The van der Waals surface area contributed by atoms with Gasteiger partial charge >= 0.3 is 0 Å². The van der Waals surface area contributed by atoms with Gasteiger partial charge in [0, 0.05) is 7.11 Å². The van der Waals surface area contributed by atoms with E-state index in [2.05, 4.69) is 17.6 Å². The second-order valence-electron chi connectivity index (χ2n) is 4.61. The topological polar surface area (TPSA) is 76.7 Å². The molecule has 0 saturated carbocycles. The number of allylic oxidation sites excluding steroid dienone is 2. The van der Waals surface area contributed by atoms with Crippen LogP contribution in [0, 0.1) is 0 Å². The maximum atomic E-state index is 10.6. The maximum absolute atomic E-state index is 10.6. The first-order valence-corrected chi connectivity index (χ1v) is 7.30. The van der Waals surface area contributed by atoms with E-state index in [1.54, 1.807) is 13.2 Å². The predicted molar refractivity (Wildman–Crippen MR) is 87.3 cm³/mol. The Hall–Kier alpha value is -0.980. The number of aliphatic hydroxyl groups is 1. The van der Waals surface area contributed by atoms with Crippen LogP contribution in [-0.2, 0) is 9.47 Å². The van der Waals surface area contributed by atoms with Crippen molar-refractivity contribution in [3.8, 4) is 0 Å². The van der Waals surface area contributed by atoms with E-state index in [4.69, 9.17) is 9.47 Å². The molecule has 0 unspecified atom stereocenters. The highest BCUT2D eigenvalue weighted by Crippen LogP contribution is 2.27. The standard InChI is InChI=1S/C15H25NO3.CH5N/c1-3-5-14(6-4-11-19-13-12-18-2)15(17)7-9-16-10-8-15;1-2/h3-6,16-17H,1,7-13H2,2H3;2H2,1H3/b6-4-,14-5+;. The van der Waals surface area contributed by atoms with Gasteiger partial charge in [0.2, 0.25) is 0 Å². The number of hydrogen-bond acceptors (Lipinski definition) is 5. The van der Waals surface area contributed by atoms with Crippen LogP contribution in [0.15, 0.2) is 36.5 Å². The summed E-state index contributed by atoms with van der Waals surface area (Å²) in [6.07, 6.45) is 8.89. The van der Waals surface area contributed by atoms with E-state index in [1.807, 2.05) is 18.2 Å². The number of methoxy groups -OCH3 is 1. The highest BCUT2D eigenvalue weighted by atomic mass is 16.5. The van der Waals surface area contributed by atoms with Crippen LogP contribution in [0.2, 0.25) is 0 Å². The number of piperidine rings is 1. The van der Waals surface area contributed by atoms with Crippen LogP contribution >= 0.6 is 0 Å². The van der Waals surface area contributed by atoms with Gasteiger partial charge in [-0.15, -0.1) is 0 Å². The minimum absolute atomic E-state index is 0.520. The zero-order chi connectivity index (χ0) is 16.0. The average Bonchev–Trinajstić information content (AvgIpc) is 2.52. The summed E-state index contributed by atoms with van der Waals surface area (Å²) in [4.78, 5) is 0. The van der Waals surface area contributed by atoms with E-state index in [9.17, 15) is 5.11 Å². The molecule has 0 radical (unpaired) electrons. The van der Waals surface area contributed by atoms with E-state index >= 15 is 0 Å². The van der Waals surface area contributed by atoms with Crippen LogP contribution in [0.1, 0.15) is 12.8 Å². The number of hydrogen-bond donors (Lipinski definition) is 3. The van der Waals surface area contributed by atoms with Crippen LogP contribution in [0.5, 0.6) is 0 Å². The highest BCUT2D eigenvalue weighted by molar-refractivity contribution is 5.32. The molecule has 4 N–H and O–H groups in total. The molecular weight excluding hydrogens is 268 g/mol. The molecule has 122 valence electrons. The van der Waals surface area contributed by atoms with Crippen molar-refractivity contribution in [1.82, 2.24) is 5.32 Å². The fraction of sp³-hybridized carbons (Fsp3) is 0.625. The second-order valence-corrected chi connectivity index (χ2v) is 4.61. The molecule has 1 aliphatic heterocycles. The summed E-state index contributed by atoms with van der Waals surface area (Å²) in [6.45, 7) is 7.08. The lowest BCUT2D eigenvalue weighted by molar-refractivity contribution is 0.0495. The molecule has 0 aromatic rings. The summed E-state index contributed by atoms with van der Waals surface area (Å²) < 4.78 is 10.3. The van der Waals surface area contributed by atoms with Crippen LogP contribution in [0.25, 0.3) is 0 Å². The summed E-state index contributed by atoms with van der Waals surface area (Å²) in [6, 6.07) is 0. The van der Waals surface area contributed by atoms with Gasteiger partial charge in [-0.25, -0.2) is 0 Å². The fourth-order valence-corrected chi connectivity index (χ4v) is 2.09. The molecule has 0 bridgehead atoms. The first kappa shape index (κ1) is 20.0. The van der Waals surface area contributed by atoms with Gasteiger partial charge in [-0.1, -0.05) is 30.9 Å². The maximum Gasteiger partial charge on any atom is 0.0920 e. The second kappa shape index (κ2) is 12.7. The van der Waals surface area contributed by atoms with Crippen molar-refractivity contribution < 1.29 is 14.6 Å². The highest BCUT2D eigenvalue weighted by Gasteiger charge is 2.31. The quantitative estimate of drug-likeness (QED) is 0.460. The summed E-state index contributed by atoms with van der Waals surface area (Å²) >= 11 is 0. The summed E-state index contributed by atoms with van der Waals surface area (Å²) in [5.41, 5.74) is 4.65. The average molecular weight is 298 g/mol. The Morgan fingerprint density at radius 3 is 2.57 bits per heavy atom. The van der Waals surface area contributed by atoms with Crippen molar-refractivity contribution in [3.05, 3.63) is 36.5 Å². The minimum Gasteiger partial charge on any atom is -0.385 e. The van der Waals surface area contributed by atoms with Gasteiger partial charge < -0.3 is 25.6 Å². The molecular formula is C16H30N2O3. The lowest BCUT2D eigenvalue weighted by Crippen LogP contribution is -2.42. The monoisotopic (exact) mass is 298 g/mol. The SMILES string of the molecule is C=C/C=C(\C=C/COCCOC)C1(O)CCNCC1.CN. The molecule has 5 heteroatoms. The van der Waals surface area contributed by atoms with E-state index in [0.29, 0.717) is 19.8 Å². The molecule has 0 aromatic carbocycles. The Kier molecular flexibility index (Phi) is 12.1. The number of ether oxygens (including phenoxy) is 2. The van der Waals surface area contributed by atoms with Gasteiger partial charge in [-0.2, -0.15) is 0 Å². The summed E-state index contributed by atoms with van der Waals surface area (Å²) in [5.74, 6) is 0. The molecule has 21 heavy (non-hydrogen) atoms. The van der Waals surface area contributed by atoms with E-state index < -0.39 is 5.60 Å². The lowest BCUT2D eigenvalue weighted by Gasteiger charge is -2.33. The van der Waals surface area contributed by atoms with Crippen molar-refractivity contribution in [1.29, 1.82) is 0 Å². The molecule has 1 fully saturated rings. The van der Waals surface area contributed by atoms with Crippen molar-refractivity contribution in [3.63, 3.8) is 0 Å². The number of nitrogens with one attached hydrogen (secondary N) is 1. The van der Waals surface area contributed by atoms with Gasteiger partial charge in [-0.05, 0) is 38.6 Å².